The number of piperidine rings is 1. The van der Waals surface area contributed by atoms with E-state index in [4.69, 9.17) is 4.74 Å². The molecular weight excluding hydrogens is 470 g/mol. The average Bonchev–Trinajstić information content (AvgIpc) is 3.17. The van der Waals surface area contributed by atoms with Crippen molar-refractivity contribution in [3.63, 3.8) is 0 Å². The highest BCUT2D eigenvalue weighted by Gasteiger charge is 2.26. The zero-order chi connectivity index (χ0) is 26.9. The normalized spacial score (nSPS) is 15.5. The van der Waals surface area contributed by atoms with E-state index >= 15 is 0 Å². The van der Waals surface area contributed by atoms with E-state index in [2.05, 4.69) is 13.0 Å². The van der Waals surface area contributed by atoms with Crippen molar-refractivity contribution in [3.8, 4) is 5.69 Å². The maximum Gasteiger partial charge on any atom is 0.338 e. The summed E-state index contributed by atoms with van der Waals surface area (Å²) in [6.45, 7) is 11.0. The van der Waals surface area contributed by atoms with Gasteiger partial charge in [0.25, 0.3) is 5.69 Å². The molecule has 37 heavy (non-hydrogen) atoms. The largest absolute Gasteiger partial charge is 0.454 e. The van der Waals surface area contributed by atoms with Crippen LogP contribution in [0.4, 0.5) is 11.4 Å². The SMILES string of the molecule is Cc1ccc(-n2c(C)cc(C(=O)COC(=O)c3ccc(N4CCCC(C)C4)c([N+](=O)[O-])c3)c2C)cc1C. The Hall–Kier alpha value is -3.94. The van der Waals surface area contributed by atoms with Gasteiger partial charge < -0.3 is 14.2 Å². The smallest absolute Gasteiger partial charge is 0.338 e. The number of anilines is 1. The highest BCUT2D eigenvalue weighted by Crippen LogP contribution is 2.32. The maximum absolute atomic E-state index is 13.0. The van der Waals surface area contributed by atoms with Crippen molar-refractivity contribution < 1.29 is 19.2 Å². The van der Waals surface area contributed by atoms with Crippen molar-refractivity contribution >= 4 is 23.1 Å². The van der Waals surface area contributed by atoms with Crippen LogP contribution in [-0.4, -0.2) is 40.9 Å². The highest BCUT2D eigenvalue weighted by molar-refractivity contribution is 6.00. The van der Waals surface area contributed by atoms with Crippen LogP contribution in [0.5, 0.6) is 0 Å². The summed E-state index contributed by atoms with van der Waals surface area (Å²) in [6.07, 6.45) is 2.06. The Morgan fingerprint density at radius 1 is 1.05 bits per heavy atom. The summed E-state index contributed by atoms with van der Waals surface area (Å²) in [5.74, 6) is -0.649. The van der Waals surface area contributed by atoms with Gasteiger partial charge in [-0.3, -0.25) is 14.9 Å². The van der Waals surface area contributed by atoms with E-state index in [9.17, 15) is 19.7 Å². The predicted molar refractivity (Wildman–Crippen MR) is 143 cm³/mol. The van der Waals surface area contributed by atoms with E-state index < -0.39 is 17.5 Å². The van der Waals surface area contributed by atoms with Gasteiger partial charge in [-0.2, -0.15) is 0 Å². The summed E-state index contributed by atoms with van der Waals surface area (Å²) in [4.78, 5) is 39.0. The topological polar surface area (TPSA) is 94.7 Å². The summed E-state index contributed by atoms with van der Waals surface area (Å²) in [6, 6.07) is 12.3. The van der Waals surface area contributed by atoms with Gasteiger partial charge in [0.1, 0.15) is 5.69 Å². The molecule has 2 aromatic carbocycles. The third-order valence-corrected chi connectivity index (χ3v) is 7.22. The fourth-order valence-electron chi connectivity index (χ4n) is 5.07. The second-order valence-electron chi connectivity index (χ2n) is 10.0. The molecule has 1 aliphatic rings. The first-order valence-corrected chi connectivity index (χ1v) is 12.6. The molecule has 0 N–H and O–H groups in total. The lowest BCUT2D eigenvalue weighted by Gasteiger charge is -2.32. The number of hydrogen-bond acceptors (Lipinski definition) is 6. The Morgan fingerprint density at radius 3 is 2.49 bits per heavy atom. The molecule has 0 saturated carbocycles. The quantitative estimate of drug-likeness (QED) is 0.173. The Balaban J connectivity index is 1.49. The van der Waals surface area contributed by atoms with Crippen LogP contribution in [0, 0.1) is 43.7 Å². The third-order valence-electron chi connectivity index (χ3n) is 7.22. The van der Waals surface area contributed by atoms with Crippen LogP contribution in [0.2, 0.25) is 0 Å². The van der Waals surface area contributed by atoms with E-state index in [-0.39, 0.29) is 17.0 Å². The lowest BCUT2D eigenvalue weighted by Crippen LogP contribution is -2.34. The van der Waals surface area contributed by atoms with Crippen LogP contribution in [0.25, 0.3) is 5.69 Å². The zero-order valence-corrected chi connectivity index (χ0v) is 22.0. The number of ether oxygens (including phenoxy) is 1. The number of esters is 1. The number of aryl methyl sites for hydroxylation is 3. The Labute approximate surface area is 217 Å². The molecule has 1 fully saturated rings. The molecule has 1 atom stereocenters. The van der Waals surface area contributed by atoms with Gasteiger partial charge in [-0.15, -0.1) is 0 Å². The third kappa shape index (κ3) is 5.43. The minimum absolute atomic E-state index is 0.0499. The van der Waals surface area contributed by atoms with Gasteiger partial charge >= 0.3 is 5.97 Å². The van der Waals surface area contributed by atoms with Crippen molar-refractivity contribution in [1.82, 2.24) is 4.57 Å². The van der Waals surface area contributed by atoms with Gasteiger partial charge in [-0.05, 0) is 87.9 Å². The van der Waals surface area contributed by atoms with Crippen molar-refractivity contribution in [2.45, 2.75) is 47.5 Å². The number of aromatic nitrogens is 1. The predicted octanol–water partition coefficient (Wildman–Crippen LogP) is 5.90. The maximum atomic E-state index is 13.0. The summed E-state index contributed by atoms with van der Waals surface area (Å²) >= 11 is 0. The van der Waals surface area contributed by atoms with Crippen molar-refractivity contribution in [3.05, 3.63) is 86.2 Å². The molecule has 1 saturated heterocycles. The molecule has 8 heteroatoms. The van der Waals surface area contributed by atoms with E-state index in [0.717, 1.165) is 48.6 Å². The van der Waals surface area contributed by atoms with E-state index in [0.29, 0.717) is 17.2 Å². The van der Waals surface area contributed by atoms with Crippen LogP contribution in [0.1, 0.15) is 63.0 Å². The number of benzene rings is 2. The number of carbonyl (C=O) groups is 2. The molecule has 4 rings (SSSR count). The van der Waals surface area contributed by atoms with E-state index in [1.54, 1.807) is 12.1 Å². The second kappa shape index (κ2) is 10.6. The zero-order valence-electron chi connectivity index (χ0n) is 22.0. The van der Waals surface area contributed by atoms with E-state index in [1.165, 1.54) is 17.7 Å². The summed E-state index contributed by atoms with van der Waals surface area (Å²) in [5, 5.41) is 11.8. The first-order valence-electron chi connectivity index (χ1n) is 12.6. The fraction of sp³-hybridized carbons (Fsp3) is 0.379. The molecule has 0 amide bonds. The number of ketones is 1. The van der Waals surface area contributed by atoms with Crippen LogP contribution in [-0.2, 0) is 4.74 Å². The standard InChI is InChI=1S/C29H33N3O5/c1-18-7-6-12-30(16-18)26-11-9-23(15-27(26)32(35)36)29(34)37-17-28(33)25-14-21(4)31(22(25)5)24-10-8-19(2)20(3)13-24/h8-11,13-15,18H,6-7,12,16-17H2,1-5H3. The van der Waals surface area contributed by atoms with Crippen molar-refractivity contribution in [2.75, 3.05) is 24.6 Å². The summed E-state index contributed by atoms with van der Waals surface area (Å²) in [5.41, 5.74) is 5.86. The van der Waals surface area contributed by atoms with Crippen molar-refractivity contribution in [1.29, 1.82) is 0 Å². The number of nitro groups is 1. The number of hydrogen-bond donors (Lipinski definition) is 0. The van der Waals surface area contributed by atoms with Gasteiger partial charge in [-0.1, -0.05) is 13.0 Å². The van der Waals surface area contributed by atoms with Gasteiger partial charge in [0.2, 0.25) is 5.78 Å². The van der Waals surface area contributed by atoms with Crippen LogP contribution < -0.4 is 4.90 Å². The minimum atomic E-state index is -0.766. The van der Waals surface area contributed by atoms with Gasteiger partial charge in [0.05, 0.1) is 10.5 Å². The van der Waals surface area contributed by atoms with Crippen LogP contribution in [0.3, 0.4) is 0 Å². The number of rotatable bonds is 7. The Bertz CT molecular complexity index is 1370. The first kappa shape index (κ1) is 26.1. The van der Waals surface area contributed by atoms with E-state index in [1.807, 2.05) is 49.3 Å². The van der Waals surface area contributed by atoms with Crippen molar-refractivity contribution in [2.24, 2.45) is 5.92 Å². The molecule has 1 aliphatic heterocycles. The lowest BCUT2D eigenvalue weighted by atomic mass is 9.99. The number of nitro benzene ring substituents is 1. The molecule has 0 bridgehead atoms. The molecule has 0 aliphatic carbocycles. The first-order chi connectivity index (χ1) is 17.6. The molecule has 2 heterocycles. The molecule has 1 unspecified atom stereocenters. The highest BCUT2D eigenvalue weighted by atomic mass is 16.6. The number of carbonyl (C=O) groups excluding carboxylic acids is 2. The van der Waals surface area contributed by atoms with Gasteiger partial charge in [-0.25, -0.2) is 4.79 Å². The van der Waals surface area contributed by atoms with Gasteiger partial charge in [0.15, 0.2) is 6.61 Å². The monoisotopic (exact) mass is 503 g/mol. The fourth-order valence-corrected chi connectivity index (χ4v) is 5.07. The second-order valence-corrected chi connectivity index (χ2v) is 10.0. The summed E-state index contributed by atoms with van der Waals surface area (Å²) in [7, 11) is 0. The van der Waals surface area contributed by atoms with Crippen LogP contribution >= 0.6 is 0 Å². The van der Waals surface area contributed by atoms with Crippen LogP contribution in [0.15, 0.2) is 42.5 Å². The molecule has 194 valence electrons. The number of nitrogens with zero attached hydrogens (tertiary/aromatic N) is 3. The summed E-state index contributed by atoms with van der Waals surface area (Å²) < 4.78 is 7.30. The Kier molecular flexibility index (Phi) is 7.47. The Morgan fingerprint density at radius 2 is 1.81 bits per heavy atom. The average molecular weight is 504 g/mol. The molecule has 1 aromatic heterocycles. The lowest BCUT2D eigenvalue weighted by molar-refractivity contribution is -0.384. The molecular formula is C29H33N3O5. The minimum Gasteiger partial charge on any atom is -0.454 e. The molecule has 0 spiro atoms. The molecule has 3 aromatic rings. The number of Topliss-reactive ketones (excluding diaryl/α,β-unsaturated/α-hetero) is 1. The molecule has 8 nitrogen and oxygen atoms in total. The van der Waals surface area contributed by atoms with Gasteiger partial charge in [0, 0.05) is 41.8 Å². The molecule has 0 radical (unpaired) electrons.